The van der Waals surface area contributed by atoms with Crippen LogP contribution in [0.4, 0.5) is 0 Å². The molecule has 1 atom stereocenters. The Hall–Kier alpha value is -0.510. The lowest BCUT2D eigenvalue weighted by Gasteiger charge is -2.10. The van der Waals surface area contributed by atoms with E-state index in [2.05, 4.69) is 37.4 Å². The van der Waals surface area contributed by atoms with E-state index in [1.165, 1.54) is 16.7 Å². The molecule has 0 bridgehead atoms. The lowest BCUT2D eigenvalue weighted by atomic mass is 10.1. The average Bonchev–Trinajstić information content (AvgIpc) is 2.16. The monoisotopic (exact) mass is 239 g/mol. The first-order chi connectivity index (χ1) is 7.61. The van der Waals surface area contributed by atoms with Gasteiger partial charge < -0.3 is 10.4 Å². The molecule has 0 heterocycles. The van der Waals surface area contributed by atoms with E-state index < -0.39 is 0 Å². The molecule has 3 heteroatoms. The second-order valence-corrected chi connectivity index (χ2v) is 5.25. The molecule has 0 amide bonds. The van der Waals surface area contributed by atoms with Crippen LogP contribution in [0.1, 0.15) is 16.7 Å². The summed E-state index contributed by atoms with van der Waals surface area (Å²) >= 11 is 1.78. The summed E-state index contributed by atoms with van der Waals surface area (Å²) in [6.45, 7) is 4.91. The van der Waals surface area contributed by atoms with Crippen molar-refractivity contribution in [2.24, 2.45) is 0 Å². The molecular formula is C13H21NOS. The Morgan fingerprint density at radius 2 is 1.88 bits per heavy atom. The van der Waals surface area contributed by atoms with Crippen molar-refractivity contribution < 1.29 is 5.11 Å². The number of nitrogens with one attached hydrogen (secondary N) is 1. The minimum absolute atomic E-state index is 0.249. The minimum atomic E-state index is -0.249. The third-order valence-electron chi connectivity index (χ3n) is 2.30. The molecule has 0 aliphatic carbocycles. The van der Waals surface area contributed by atoms with Crippen LogP contribution in [0.3, 0.4) is 0 Å². The van der Waals surface area contributed by atoms with Gasteiger partial charge in [0.05, 0.1) is 6.10 Å². The highest BCUT2D eigenvalue weighted by Gasteiger charge is 2.03. The zero-order chi connectivity index (χ0) is 12.0. The van der Waals surface area contributed by atoms with Crippen molar-refractivity contribution in [3.05, 3.63) is 34.9 Å². The molecular weight excluding hydrogens is 218 g/mol. The molecule has 0 aliphatic heterocycles. The van der Waals surface area contributed by atoms with Crippen LogP contribution in [0.2, 0.25) is 0 Å². The maximum absolute atomic E-state index is 9.55. The van der Waals surface area contributed by atoms with Gasteiger partial charge in [0.25, 0.3) is 0 Å². The standard InChI is InChI=1S/C13H21NOS/c1-10-4-11(2)6-12(5-10)8-16-9-13(15)7-14-3/h4-6,13-15H,7-9H2,1-3H3. The van der Waals surface area contributed by atoms with Gasteiger partial charge in [-0.2, -0.15) is 11.8 Å². The van der Waals surface area contributed by atoms with Gasteiger partial charge in [-0.3, -0.25) is 0 Å². The Morgan fingerprint density at radius 3 is 2.44 bits per heavy atom. The van der Waals surface area contributed by atoms with E-state index in [0.717, 1.165) is 11.5 Å². The topological polar surface area (TPSA) is 32.3 Å². The van der Waals surface area contributed by atoms with E-state index in [1.807, 2.05) is 7.05 Å². The summed E-state index contributed by atoms with van der Waals surface area (Å²) in [6, 6.07) is 6.61. The van der Waals surface area contributed by atoms with Crippen molar-refractivity contribution in [1.82, 2.24) is 5.32 Å². The SMILES string of the molecule is CNCC(O)CSCc1cc(C)cc(C)c1. The molecule has 2 N–H and O–H groups in total. The summed E-state index contributed by atoms with van der Waals surface area (Å²) in [4.78, 5) is 0. The fourth-order valence-electron chi connectivity index (χ4n) is 1.76. The van der Waals surface area contributed by atoms with Crippen molar-refractivity contribution in [2.45, 2.75) is 25.7 Å². The summed E-state index contributed by atoms with van der Waals surface area (Å²) < 4.78 is 0. The lowest BCUT2D eigenvalue weighted by molar-refractivity contribution is 0.199. The molecule has 1 unspecified atom stereocenters. The number of hydrogen-bond donors (Lipinski definition) is 2. The maximum atomic E-state index is 9.55. The first-order valence-electron chi connectivity index (χ1n) is 5.59. The second kappa shape index (κ2) is 6.94. The average molecular weight is 239 g/mol. The van der Waals surface area contributed by atoms with E-state index in [1.54, 1.807) is 11.8 Å². The van der Waals surface area contributed by atoms with Crippen molar-refractivity contribution in [3.63, 3.8) is 0 Å². The van der Waals surface area contributed by atoms with Crippen LogP contribution in [-0.2, 0) is 5.75 Å². The molecule has 16 heavy (non-hydrogen) atoms. The lowest BCUT2D eigenvalue weighted by Crippen LogP contribution is -2.25. The normalized spacial score (nSPS) is 12.8. The van der Waals surface area contributed by atoms with E-state index in [-0.39, 0.29) is 6.10 Å². The summed E-state index contributed by atoms with van der Waals surface area (Å²) in [5.74, 6) is 1.76. The number of benzene rings is 1. The van der Waals surface area contributed by atoms with Gasteiger partial charge in [0, 0.05) is 18.1 Å². The maximum Gasteiger partial charge on any atom is 0.0754 e. The first kappa shape index (κ1) is 13.6. The summed E-state index contributed by atoms with van der Waals surface area (Å²) in [5.41, 5.74) is 3.97. The van der Waals surface area contributed by atoms with Crippen LogP contribution in [0.25, 0.3) is 0 Å². The predicted octanol–water partition coefficient (Wildman–Crippen LogP) is 2.12. The van der Waals surface area contributed by atoms with Crippen LogP contribution in [-0.4, -0.2) is 30.6 Å². The van der Waals surface area contributed by atoms with Gasteiger partial charge in [-0.05, 0) is 26.5 Å². The number of aryl methyl sites for hydroxylation is 2. The largest absolute Gasteiger partial charge is 0.391 e. The number of aliphatic hydroxyl groups excluding tert-OH is 1. The van der Waals surface area contributed by atoms with Gasteiger partial charge in [-0.1, -0.05) is 29.3 Å². The van der Waals surface area contributed by atoms with Crippen molar-refractivity contribution in [3.8, 4) is 0 Å². The van der Waals surface area contributed by atoms with Crippen LogP contribution >= 0.6 is 11.8 Å². The zero-order valence-electron chi connectivity index (χ0n) is 10.3. The highest BCUT2D eigenvalue weighted by molar-refractivity contribution is 7.98. The molecule has 1 rings (SSSR count). The summed E-state index contributed by atoms with van der Waals surface area (Å²) in [6.07, 6.45) is -0.249. The van der Waals surface area contributed by atoms with Gasteiger partial charge in [0.15, 0.2) is 0 Å². The number of rotatable bonds is 6. The number of likely N-dealkylation sites (N-methyl/N-ethyl adjacent to an activating group) is 1. The molecule has 0 radical (unpaired) electrons. The van der Waals surface area contributed by atoms with Gasteiger partial charge in [0.2, 0.25) is 0 Å². The molecule has 90 valence electrons. The molecule has 1 aromatic carbocycles. The van der Waals surface area contributed by atoms with Gasteiger partial charge in [-0.15, -0.1) is 0 Å². The van der Waals surface area contributed by atoms with Crippen molar-refractivity contribution in [1.29, 1.82) is 0 Å². The Kier molecular flexibility index (Phi) is 5.88. The van der Waals surface area contributed by atoms with Crippen LogP contribution in [0, 0.1) is 13.8 Å². The Bertz CT molecular complexity index is 307. The quantitative estimate of drug-likeness (QED) is 0.797. The summed E-state index contributed by atoms with van der Waals surface area (Å²) in [7, 11) is 1.86. The van der Waals surface area contributed by atoms with E-state index in [0.29, 0.717) is 6.54 Å². The molecule has 2 nitrogen and oxygen atoms in total. The smallest absolute Gasteiger partial charge is 0.0754 e. The Balaban J connectivity index is 2.37. The van der Waals surface area contributed by atoms with Gasteiger partial charge in [0.1, 0.15) is 0 Å². The molecule has 0 spiro atoms. The van der Waals surface area contributed by atoms with Crippen LogP contribution in [0.15, 0.2) is 18.2 Å². The third-order valence-corrected chi connectivity index (χ3v) is 3.46. The van der Waals surface area contributed by atoms with Crippen LogP contribution in [0.5, 0.6) is 0 Å². The highest BCUT2D eigenvalue weighted by atomic mass is 32.2. The molecule has 0 saturated heterocycles. The molecule has 0 aliphatic rings. The van der Waals surface area contributed by atoms with Crippen LogP contribution < -0.4 is 5.32 Å². The zero-order valence-corrected chi connectivity index (χ0v) is 11.1. The number of hydrogen-bond acceptors (Lipinski definition) is 3. The van der Waals surface area contributed by atoms with Gasteiger partial charge in [-0.25, -0.2) is 0 Å². The van der Waals surface area contributed by atoms with Crippen molar-refractivity contribution >= 4 is 11.8 Å². The molecule has 0 fully saturated rings. The van der Waals surface area contributed by atoms with Gasteiger partial charge >= 0.3 is 0 Å². The molecule has 0 saturated carbocycles. The first-order valence-corrected chi connectivity index (χ1v) is 6.75. The fourth-order valence-corrected chi connectivity index (χ4v) is 2.67. The molecule has 1 aromatic rings. The fraction of sp³-hybridized carbons (Fsp3) is 0.538. The van der Waals surface area contributed by atoms with E-state index in [4.69, 9.17) is 0 Å². The molecule has 0 aromatic heterocycles. The Morgan fingerprint density at radius 1 is 1.25 bits per heavy atom. The van der Waals surface area contributed by atoms with Crippen molar-refractivity contribution in [2.75, 3.05) is 19.3 Å². The number of thioether (sulfide) groups is 1. The Labute approximate surface area is 102 Å². The number of aliphatic hydroxyl groups is 1. The third kappa shape index (κ3) is 5.01. The van der Waals surface area contributed by atoms with E-state index >= 15 is 0 Å². The second-order valence-electron chi connectivity index (χ2n) is 4.22. The minimum Gasteiger partial charge on any atom is -0.391 e. The summed E-state index contributed by atoms with van der Waals surface area (Å²) in [5, 5.41) is 12.5. The highest BCUT2D eigenvalue weighted by Crippen LogP contribution is 2.16. The van der Waals surface area contributed by atoms with E-state index in [9.17, 15) is 5.11 Å². The predicted molar refractivity (Wildman–Crippen MR) is 72.0 cm³/mol.